The summed E-state index contributed by atoms with van der Waals surface area (Å²) in [5.41, 5.74) is 2.04. The number of aromatic amines is 1. The van der Waals surface area contributed by atoms with E-state index in [1.54, 1.807) is 6.33 Å². The van der Waals surface area contributed by atoms with Gasteiger partial charge in [-0.15, -0.1) is 0 Å². The molecule has 3 aliphatic rings. The quantitative estimate of drug-likeness (QED) is 0.941. The summed E-state index contributed by atoms with van der Waals surface area (Å²) < 4.78 is 8.43. The Balaban J connectivity index is 1.38. The smallest absolute Gasteiger partial charge is 0.160 e. The zero-order valence-corrected chi connectivity index (χ0v) is 13.5. The first kappa shape index (κ1) is 13.7. The maximum absolute atomic E-state index is 6.12. The van der Waals surface area contributed by atoms with Gasteiger partial charge in [-0.3, -0.25) is 4.90 Å². The predicted octanol–water partition coefficient (Wildman–Crippen LogP) is 2.01. The molecule has 2 saturated heterocycles. The van der Waals surface area contributed by atoms with Crippen LogP contribution in [0.25, 0.3) is 11.5 Å². The summed E-state index contributed by atoms with van der Waals surface area (Å²) >= 11 is 0. The van der Waals surface area contributed by atoms with Crippen LogP contribution < -0.4 is 0 Å². The fraction of sp³-hybridized carbons (Fsp3) is 0.647. The molecule has 122 valence electrons. The number of hydrogen-bond acceptors (Lipinski definition) is 4. The molecule has 3 atom stereocenters. The fourth-order valence-electron chi connectivity index (χ4n) is 4.20. The molecule has 5 rings (SSSR count). The first-order chi connectivity index (χ1) is 11.3. The van der Waals surface area contributed by atoms with Crippen LogP contribution in [0.4, 0.5) is 0 Å². The van der Waals surface area contributed by atoms with Crippen molar-refractivity contribution in [3.05, 3.63) is 24.4 Å². The molecule has 0 spiro atoms. The fourth-order valence-corrected chi connectivity index (χ4v) is 4.20. The van der Waals surface area contributed by atoms with Gasteiger partial charge in [-0.1, -0.05) is 0 Å². The van der Waals surface area contributed by atoms with Gasteiger partial charge in [-0.05, 0) is 32.1 Å². The number of nitrogens with one attached hydrogen (secondary N) is 1. The Kier molecular flexibility index (Phi) is 3.09. The van der Waals surface area contributed by atoms with E-state index >= 15 is 0 Å². The second-order valence-corrected chi connectivity index (χ2v) is 7.24. The highest BCUT2D eigenvalue weighted by molar-refractivity contribution is 5.53. The maximum Gasteiger partial charge on any atom is 0.160 e. The molecule has 2 aromatic heterocycles. The van der Waals surface area contributed by atoms with Crippen LogP contribution in [0.5, 0.6) is 0 Å². The lowest BCUT2D eigenvalue weighted by atomic mass is 10.1. The molecule has 2 aromatic rings. The average molecular weight is 313 g/mol. The van der Waals surface area contributed by atoms with E-state index in [-0.39, 0.29) is 0 Å². The van der Waals surface area contributed by atoms with Crippen molar-refractivity contribution in [2.45, 2.75) is 44.4 Å². The normalized spacial score (nSPS) is 31.4. The molecule has 1 N–H and O–H groups in total. The Labute approximate surface area is 135 Å². The van der Waals surface area contributed by atoms with Gasteiger partial charge in [0, 0.05) is 43.3 Å². The molecule has 23 heavy (non-hydrogen) atoms. The number of imidazole rings is 2. The van der Waals surface area contributed by atoms with Crippen LogP contribution >= 0.6 is 0 Å². The van der Waals surface area contributed by atoms with Crippen LogP contribution in [0.3, 0.4) is 0 Å². The van der Waals surface area contributed by atoms with Crippen LogP contribution in [-0.4, -0.2) is 56.3 Å². The van der Waals surface area contributed by atoms with Crippen molar-refractivity contribution in [3.8, 4) is 11.5 Å². The third-order valence-corrected chi connectivity index (χ3v) is 5.67. The van der Waals surface area contributed by atoms with Crippen molar-refractivity contribution in [1.82, 2.24) is 24.4 Å². The summed E-state index contributed by atoms with van der Waals surface area (Å²) in [5.74, 6) is 1.80. The molecule has 1 aliphatic carbocycles. The highest BCUT2D eigenvalue weighted by Gasteiger charge is 2.43. The second kappa shape index (κ2) is 5.18. The Hall–Kier alpha value is -1.66. The standard InChI is InChI=1S/C17H23N5O/c1-11-16(20-10-19-11)17-18-4-5-22(17)13-6-14-9-23-15(12-2-3-12)8-21(14)7-13/h4-5,10,12-15H,2-3,6-9H2,1H3,(H,19,20)/t13-,14-,15+/m0/s1. The lowest BCUT2D eigenvalue weighted by Crippen LogP contribution is -2.46. The minimum atomic E-state index is 0.468. The molecule has 6 nitrogen and oxygen atoms in total. The van der Waals surface area contributed by atoms with Crippen LogP contribution in [0, 0.1) is 12.8 Å². The third kappa shape index (κ3) is 2.32. The van der Waals surface area contributed by atoms with Gasteiger partial charge in [-0.2, -0.15) is 0 Å². The van der Waals surface area contributed by atoms with Crippen molar-refractivity contribution < 1.29 is 4.74 Å². The monoisotopic (exact) mass is 313 g/mol. The van der Waals surface area contributed by atoms with E-state index in [2.05, 4.69) is 30.6 Å². The summed E-state index contributed by atoms with van der Waals surface area (Å²) in [6, 6.07) is 1.03. The Bertz CT molecular complexity index is 703. The first-order valence-electron chi connectivity index (χ1n) is 8.68. The van der Waals surface area contributed by atoms with Crippen molar-refractivity contribution >= 4 is 0 Å². The van der Waals surface area contributed by atoms with E-state index in [0.29, 0.717) is 18.2 Å². The SMILES string of the molecule is Cc1[nH]cnc1-c1nccn1[C@H]1C[C@H]2CO[C@@H](C3CC3)CN2C1. The van der Waals surface area contributed by atoms with E-state index < -0.39 is 0 Å². The molecular weight excluding hydrogens is 290 g/mol. The molecular formula is C17H23N5O. The van der Waals surface area contributed by atoms with E-state index in [9.17, 15) is 0 Å². The molecule has 4 heterocycles. The maximum atomic E-state index is 6.12. The summed E-state index contributed by atoms with van der Waals surface area (Å²) in [7, 11) is 0. The van der Waals surface area contributed by atoms with Crippen molar-refractivity contribution in [3.63, 3.8) is 0 Å². The summed E-state index contributed by atoms with van der Waals surface area (Å²) in [4.78, 5) is 14.8. The summed E-state index contributed by atoms with van der Waals surface area (Å²) in [5, 5.41) is 0. The number of hydrogen-bond donors (Lipinski definition) is 1. The number of morpholine rings is 1. The van der Waals surface area contributed by atoms with Crippen LogP contribution in [0.15, 0.2) is 18.7 Å². The van der Waals surface area contributed by atoms with E-state index in [4.69, 9.17) is 4.74 Å². The van der Waals surface area contributed by atoms with Crippen molar-refractivity contribution in [2.24, 2.45) is 5.92 Å². The van der Waals surface area contributed by atoms with Crippen molar-refractivity contribution in [1.29, 1.82) is 0 Å². The minimum Gasteiger partial charge on any atom is -0.375 e. The number of ether oxygens (including phenoxy) is 1. The number of aryl methyl sites for hydroxylation is 1. The number of rotatable bonds is 3. The molecule has 2 aliphatic heterocycles. The highest BCUT2D eigenvalue weighted by atomic mass is 16.5. The number of fused-ring (bicyclic) bond motifs is 1. The molecule has 0 amide bonds. The lowest BCUT2D eigenvalue weighted by Gasteiger charge is -2.35. The second-order valence-electron chi connectivity index (χ2n) is 7.24. The van der Waals surface area contributed by atoms with E-state index in [1.165, 1.54) is 12.8 Å². The number of nitrogens with zero attached hydrogens (tertiary/aromatic N) is 4. The zero-order valence-electron chi connectivity index (χ0n) is 13.5. The van der Waals surface area contributed by atoms with E-state index in [1.807, 2.05) is 13.1 Å². The van der Waals surface area contributed by atoms with Gasteiger partial charge >= 0.3 is 0 Å². The Morgan fingerprint density at radius 1 is 1.22 bits per heavy atom. The molecule has 1 saturated carbocycles. The van der Waals surface area contributed by atoms with Crippen LogP contribution in [-0.2, 0) is 4.74 Å². The van der Waals surface area contributed by atoms with Gasteiger partial charge < -0.3 is 14.3 Å². The molecule has 3 fully saturated rings. The average Bonchev–Trinajstić information content (AvgIpc) is 2.96. The zero-order chi connectivity index (χ0) is 15.4. The molecule has 0 aromatic carbocycles. The first-order valence-corrected chi connectivity index (χ1v) is 8.68. The molecule has 0 unspecified atom stereocenters. The van der Waals surface area contributed by atoms with Gasteiger partial charge in [0.15, 0.2) is 5.82 Å². The Morgan fingerprint density at radius 3 is 2.91 bits per heavy atom. The van der Waals surface area contributed by atoms with Gasteiger partial charge in [0.1, 0.15) is 5.69 Å². The highest BCUT2D eigenvalue weighted by Crippen LogP contribution is 2.40. The number of H-pyrrole nitrogens is 1. The van der Waals surface area contributed by atoms with Gasteiger partial charge in [0.2, 0.25) is 0 Å². The lowest BCUT2D eigenvalue weighted by molar-refractivity contribution is -0.0581. The van der Waals surface area contributed by atoms with E-state index in [0.717, 1.165) is 49.2 Å². The summed E-state index contributed by atoms with van der Waals surface area (Å²) in [6.07, 6.45) is 10.1. The third-order valence-electron chi connectivity index (χ3n) is 5.67. The largest absolute Gasteiger partial charge is 0.375 e. The topological polar surface area (TPSA) is 59.0 Å². The summed E-state index contributed by atoms with van der Waals surface area (Å²) in [6.45, 7) is 5.15. The molecule has 0 radical (unpaired) electrons. The van der Waals surface area contributed by atoms with Crippen molar-refractivity contribution in [2.75, 3.05) is 19.7 Å². The Morgan fingerprint density at radius 2 is 2.13 bits per heavy atom. The van der Waals surface area contributed by atoms with Gasteiger partial charge in [0.25, 0.3) is 0 Å². The minimum absolute atomic E-state index is 0.468. The van der Waals surface area contributed by atoms with Gasteiger partial charge in [0.05, 0.1) is 19.0 Å². The molecule has 6 heteroatoms. The van der Waals surface area contributed by atoms with Crippen LogP contribution in [0.1, 0.15) is 31.0 Å². The van der Waals surface area contributed by atoms with Crippen LogP contribution in [0.2, 0.25) is 0 Å². The number of aromatic nitrogens is 4. The molecule has 0 bridgehead atoms. The predicted molar refractivity (Wildman–Crippen MR) is 86.0 cm³/mol. The van der Waals surface area contributed by atoms with Gasteiger partial charge in [-0.25, -0.2) is 9.97 Å².